The van der Waals surface area contributed by atoms with Crippen LogP contribution < -0.4 is 21.7 Å². The van der Waals surface area contributed by atoms with Crippen molar-refractivity contribution in [2.75, 3.05) is 88.3 Å². The van der Waals surface area contributed by atoms with E-state index in [1.165, 1.54) is 0 Å². The minimum absolute atomic E-state index is 0. The van der Waals surface area contributed by atoms with Gasteiger partial charge in [0.05, 0.1) is 58.1 Å². The van der Waals surface area contributed by atoms with Gasteiger partial charge in [-0.2, -0.15) is 21.7 Å². The fourth-order valence-corrected chi connectivity index (χ4v) is 5.62. The molecule has 19 heteroatoms. The maximum absolute atomic E-state index is 12.9. The Kier molecular flexibility index (Phi) is 24.8. The van der Waals surface area contributed by atoms with E-state index in [-0.39, 0.29) is 64.1 Å². The normalized spacial score (nSPS) is 11.5. The number of hydrogen-bond acceptors (Lipinski definition) is 16. The first-order valence-corrected chi connectivity index (χ1v) is 20.2. The molecular weight excluding hydrogens is 941 g/mol. The maximum atomic E-state index is 12.9. The third kappa shape index (κ3) is 20.0. The summed E-state index contributed by atoms with van der Waals surface area (Å²) in [6.45, 7) is 4.43. The fraction of sp³-hybridized carbons (Fsp3) is 0.579. The van der Waals surface area contributed by atoms with Gasteiger partial charge in [0, 0.05) is 85.3 Å². The molecule has 0 bridgehead atoms. The van der Waals surface area contributed by atoms with Crippen LogP contribution in [0.2, 0.25) is 0 Å². The molecule has 0 aliphatic rings. The van der Waals surface area contributed by atoms with Gasteiger partial charge < -0.3 is 45.7 Å². The number of nitrogens with zero attached hydrogens (tertiary/aromatic N) is 5. The van der Waals surface area contributed by atoms with E-state index in [1.807, 2.05) is 18.2 Å². The first kappa shape index (κ1) is 49.4. The number of aromatic nitrogens is 4. The number of benzene rings is 1. The summed E-state index contributed by atoms with van der Waals surface area (Å²) in [7, 11) is 1.84. The van der Waals surface area contributed by atoms with Crippen molar-refractivity contribution in [2.45, 2.75) is 70.4 Å². The van der Waals surface area contributed by atoms with Crippen molar-refractivity contribution >= 4 is 63.8 Å². The molecule has 0 aliphatic carbocycles. The van der Waals surface area contributed by atoms with Crippen molar-refractivity contribution < 1.29 is 65.6 Å². The molecular formula is C38H56AuN8O9S. The van der Waals surface area contributed by atoms with Crippen molar-refractivity contribution in [3.8, 4) is 0 Å². The Labute approximate surface area is 353 Å². The maximum Gasteiger partial charge on any atom is 0.326 e. The largest absolute Gasteiger partial charge is 0.480 e. The molecule has 1 atom stereocenters. The van der Waals surface area contributed by atoms with Gasteiger partial charge >= 0.3 is 5.97 Å². The summed E-state index contributed by atoms with van der Waals surface area (Å²) in [5.41, 5.74) is 13.9. The molecule has 3 rings (SSSR count). The molecule has 2 aromatic heterocycles. The molecule has 1 unspecified atom stereocenters. The number of unbranched alkanes of at least 4 members (excludes halogenated alkanes) is 2. The number of nitrogen functional groups attached to an aromatic ring is 2. The number of anilines is 3. The number of nitrogens with one attached hydrogen (secondary N) is 1. The van der Waals surface area contributed by atoms with Crippen molar-refractivity contribution in [3.63, 3.8) is 0 Å². The number of ketones is 2. The summed E-state index contributed by atoms with van der Waals surface area (Å²) in [5, 5.41) is 12.2. The summed E-state index contributed by atoms with van der Waals surface area (Å²) < 4.78 is 22.0. The van der Waals surface area contributed by atoms with Crippen LogP contribution in [0.25, 0.3) is 11.2 Å². The third-order valence-electron chi connectivity index (χ3n) is 8.48. The summed E-state index contributed by atoms with van der Waals surface area (Å²) in [4.78, 5) is 67.6. The minimum Gasteiger partial charge on any atom is -0.480 e. The van der Waals surface area contributed by atoms with Gasteiger partial charge in [0.2, 0.25) is 5.95 Å². The summed E-state index contributed by atoms with van der Waals surface area (Å²) in [5.74, 6) is -0.520. The number of fused-ring (bicyclic) bond motifs is 1. The van der Waals surface area contributed by atoms with Crippen LogP contribution in [-0.2, 0) is 62.3 Å². The van der Waals surface area contributed by atoms with Crippen LogP contribution in [0.4, 0.5) is 17.5 Å². The van der Waals surface area contributed by atoms with Gasteiger partial charge in [-0.1, -0.05) is 0 Å². The Morgan fingerprint density at radius 2 is 1.39 bits per heavy atom. The molecule has 0 saturated heterocycles. The predicted molar refractivity (Wildman–Crippen MR) is 215 cm³/mol. The number of thioether (sulfide) groups is 1. The first-order chi connectivity index (χ1) is 27.1. The van der Waals surface area contributed by atoms with E-state index in [9.17, 15) is 24.3 Å². The number of hydrogen-bond donors (Lipinski definition) is 4. The minimum atomic E-state index is -1.21. The van der Waals surface area contributed by atoms with Gasteiger partial charge in [-0.3, -0.25) is 14.4 Å². The van der Waals surface area contributed by atoms with E-state index in [0.717, 1.165) is 24.3 Å². The van der Waals surface area contributed by atoms with E-state index in [1.54, 1.807) is 42.2 Å². The number of ether oxygens (including phenoxy) is 4. The molecule has 17 nitrogen and oxygen atoms in total. The second-order valence-corrected chi connectivity index (χ2v) is 14.0. The number of carboxylic acid groups (broad SMARTS) is 1. The summed E-state index contributed by atoms with van der Waals surface area (Å²) in [6.07, 6.45) is 7.87. The van der Waals surface area contributed by atoms with Crippen molar-refractivity contribution in [1.82, 2.24) is 25.3 Å². The average Bonchev–Trinajstić information content (AvgIpc) is 3.17. The molecule has 1 radical (unpaired) electrons. The van der Waals surface area contributed by atoms with E-state index in [2.05, 4.69) is 25.3 Å². The Morgan fingerprint density at radius 3 is 2.00 bits per heavy atom. The molecule has 1 aromatic carbocycles. The molecule has 3 aromatic rings. The van der Waals surface area contributed by atoms with E-state index in [4.69, 9.17) is 30.4 Å². The third-order valence-corrected chi connectivity index (χ3v) is 9.05. The van der Waals surface area contributed by atoms with E-state index >= 15 is 0 Å². The van der Waals surface area contributed by atoms with E-state index < -0.39 is 17.9 Å². The molecule has 0 aliphatic heterocycles. The van der Waals surface area contributed by atoms with Crippen molar-refractivity contribution in [2.24, 2.45) is 0 Å². The van der Waals surface area contributed by atoms with Crippen molar-refractivity contribution in [3.05, 3.63) is 41.7 Å². The van der Waals surface area contributed by atoms with Crippen molar-refractivity contribution in [1.29, 1.82) is 0 Å². The summed E-state index contributed by atoms with van der Waals surface area (Å²) >= 11 is 1.72. The first-order valence-electron chi connectivity index (χ1n) is 18.8. The number of carbonyl (C=O) groups is 4. The number of carbonyl (C=O) groups excluding carboxylic acids is 3. The molecule has 0 fully saturated rings. The van der Waals surface area contributed by atoms with Crippen LogP contribution in [-0.4, -0.2) is 126 Å². The number of carboxylic acids is 1. The van der Waals surface area contributed by atoms with Gasteiger partial charge in [0.1, 0.15) is 17.6 Å². The van der Waals surface area contributed by atoms with Gasteiger partial charge in [0.25, 0.3) is 5.91 Å². The van der Waals surface area contributed by atoms with Crippen LogP contribution >= 0.6 is 11.8 Å². The van der Waals surface area contributed by atoms with E-state index in [0.29, 0.717) is 108 Å². The topological polar surface area (TPSA) is 244 Å². The number of nitrogens with two attached hydrogens (primary N) is 2. The quantitative estimate of drug-likeness (QED) is 0.0533. The SMILES string of the molecule is CSCCOCCC(=O)CCCCOCCOCCOCCCCC(=O)CCC(NC(=O)c1ccc(N(C)Cc2cnc3nc(N)nc(N)c3n2)cc1)C(=O)O.[Au]. The molecule has 2 heterocycles. The van der Waals surface area contributed by atoms with Crippen LogP contribution in [0.1, 0.15) is 73.8 Å². The number of Topliss-reactive ketones (excluding diaryl/α,β-unsaturated/α-hetero) is 2. The number of rotatable bonds is 31. The predicted octanol–water partition coefficient (Wildman–Crippen LogP) is 3.48. The Bertz CT molecular complexity index is 1680. The zero-order valence-corrected chi connectivity index (χ0v) is 35.7. The standard InChI is InChI=1S/C38H56N8O9S.Au/c1-46(26-28-25-41-35-33(42-28)34(39)44-38(40)45-35)29-11-9-27(10-12-29)36(49)43-32(37(50)51)14-13-30(47)7-3-5-16-52-19-21-55-22-20-53-17-6-4-8-31(48)15-18-54-23-24-56-2;/h9-12,25,32H,3-8,13-24,26H2,1-2H3,(H,43,49)(H,50,51)(H4,39,40,41,44,45);. The van der Waals surface area contributed by atoms with Crippen LogP contribution in [0.15, 0.2) is 30.5 Å². The zero-order chi connectivity index (χ0) is 40.5. The number of aliphatic carboxylic acids is 1. The monoisotopic (exact) mass is 997 g/mol. The second kappa shape index (κ2) is 28.6. The Balaban J connectivity index is 0.0000112. The number of amides is 1. The molecule has 0 spiro atoms. The van der Waals surface area contributed by atoms with Gasteiger partial charge in [0.15, 0.2) is 17.0 Å². The van der Waals surface area contributed by atoms with Gasteiger partial charge in [-0.15, -0.1) is 0 Å². The Morgan fingerprint density at radius 1 is 0.789 bits per heavy atom. The fourth-order valence-electron chi connectivity index (χ4n) is 5.34. The average molecular weight is 998 g/mol. The molecule has 6 N–H and O–H groups in total. The second-order valence-electron chi connectivity index (χ2n) is 13.0. The van der Waals surface area contributed by atoms with Crippen LogP contribution in [0.3, 0.4) is 0 Å². The van der Waals surface area contributed by atoms with Gasteiger partial charge in [-0.05, 0) is 62.6 Å². The van der Waals surface area contributed by atoms with Gasteiger partial charge in [-0.25, -0.2) is 14.8 Å². The molecule has 57 heavy (non-hydrogen) atoms. The summed E-state index contributed by atoms with van der Waals surface area (Å²) in [6, 6.07) is 5.45. The smallest absolute Gasteiger partial charge is 0.326 e. The van der Waals surface area contributed by atoms with Crippen LogP contribution in [0, 0.1) is 0 Å². The molecule has 0 saturated carbocycles. The Hall–Kier alpha value is -3.75. The zero-order valence-electron chi connectivity index (χ0n) is 32.7. The molecule has 1 amide bonds. The van der Waals surface area contributed by atoms with Crippen LogP contribution in [0.5, 0.6) is 0 Å². The molecule has 319 valence electrons.